The van der Waals surface area contributed by atoms with Gasteiger partial charge in [0.15, 0.2) is 0 Å². The monoisotopic (exact) mass is 309 g/mol. The number of nitrogens with one attached hydrogen (secondary N) is 1. The van der Waals surface area contributed by atoms with Crippen LogP contribution in [0.15, 0.2) is 18.2 Å². The molecule has 0 heterocycles. The Bertz CT molecular complexity index is 546. The van der Waals surface area contributed by atoms with Gasteiger partial charge in [-0.05, 0) is 31.0 Å². The van der Waals surface area contributed by atoms with Gasteiger partial charge in [-0.15, -0.1) is 0 Å². The molecule has 0 bridgehead atoms. The Balaban J connectivity index is 3.07. The first-order valence-corrected chi connectivity index (χ1v) is 7.34. The van der Waals surface area contributed by atoms with Crippen LogP contribution >= 0.6 is 0 Å². The van der Waals surface area contributed by atoms with Crippen molar-refractivity contribution >= 4 is 17.5 Å². The van der Waals surface area contributed by atoms with Gasteiger partial charge in [0, 0.05) is 26.3 Å². The standard InChI is InChI=1S/C16H24FN3O2/c1-5-16(6-2,10-18)15(22)19-11-7-8-13(17)12(9-11)14(21)20(3)4/h7-9H,5-6,10,18H2,1-4H3,(H,19,22). The van der Waals surface area contributed by atoms with Crippen molar-refractivity contribution in [3.63, 3.8) is 0 Å². The lowest BCUT2D eigenvalue weighted by molar-refractivity contribution is -0.125. The normalized spacial score (nSPS) is 11.2. The Morgan fingerprint density at radius 1 is 1.27 bits per heavy atom. The number of nitrogens with zero attached hydrogens (tertiary/aromatic N) is 1. The Labute approximate surface area is 130 Å². The lowest BCUT2D eigenvalue weighted by atomic mass is 9.81. The topological polar surface area (TPSA) is 75.4 Å². The van der Waals surface area contributed by atoms with E-state index in [-0.39, 0.29) is 18.0 Å². The van der Waals surface area contributed by atoms with Crippen molar-refractivity contribution in [3.8, 4) is 0 Å². The molecule has 1 rings (SSSR count). The van der Waals surface area contributed by atoms with Gasteiger partial charge in [-0.1, -0.05) is 13.8 Å². The van der Waals surface area contributed by atoms with Crippen molar-refractivity contribution in [2.24, 2.45) is 11.1 Å². The number of rotatable bonds is 6. The predicted molar refractivity (Wildman–Crippen MR) is 85.1 cm³/mol. The fraction of sp³-hybridized carbons (Fsp3) is 0.500. The molecule has 1 aromatic carbocycles. The smallest absolute Gasteiger partial charge is 0.256 e. The second kappa shape index (κ2) is 7.35. The number of amides is 2. The molecule has 0 radical (unpaired) electrons. The Morgan fingerprint density at radius 3 is 2.32 bits per heavy atom. The number of halogens is 1. The van der Waals surface area contributed by atoms with Crippen LogP contribution in [0.3, 0.4) is 0 Å². The molecule has 6 heteroatoms. The molecule has 0 atom stereocenters. The minimum Gasteiger partial charge on any atom is -0.345 e. The van der Waals surface area contributed by atoms with E-state index in [4.69, 9.17) is 5.73 Å². The zero-order valence-corrected chi connectivity index (χ0v) is 13.6. The summed E-state index contributed by atoms with van der Waals surface area (Å²) in [5.41, 5.74) is 5.40. The molecule has 0 saturated carbocycles. The van der Waals surface area contributed by atoms with Crippen molar-refractivity contribution in [2.45, 2.75) is 26.7 Å². The second-order valence-corrected chi connectivity index (χ2v) is 5.54. The number of nitrogens with two attached hydrogens (primary N) is 1. The molecule has 0 fully saturated rings. The minimum absolute atomic E-state index is 0.0749. The van der Waals surface area contributed by atoms with E-state index in [1.165, 1.54) is 23.1 Å². The molecular formula is C16H24FN3O2. The molecule has 0 spiro atoms. The summed E-state index contributed by atoms with van der Waals surface area (Å²) in [6, 6.07) is 3.96. The van der Waals surface area contributed by atoms with Crippen molar-refractivity contribution in [1.29, 1.82) is 0 Å². The second-order valence-electron chi connectivity index (χ2n) is 5.54. The van der Waals surface area contributed by atoms with E-state index in [0.29, 0.717) is 18.5 Å². The molecule has 5 nitrogen and oxygen atoms in total. The van der Waals surface area contributed by atoms with Crippen LogP contribution in [-0.4, -0.2) is 37.4 Å². The van der Waals surface area contributed by atoms with Gasteiger partial charge in [0.05, 0.1) is 11.0 Å². The first kappa shape index (κ1) is 18.1. The largest absolute Gasteiger partial charge is 0.345 e. The van der Waals surface area contributed by atoms with Gasteiger partial charge >= 0.3 is 0 Å². The van der Waals surface area contributed by atoms with Gasteiger partial charge in [0.25, 0.3) is 5.91 Å². The molecule has 0 unspecified atom stereocenters. The molecule has 0 saturated heterocycles. The summed E-state index contributed by atoms with van der Waals surface area (Å²) >= 11 is 0. The number of benzene rings is 1. The quantitative estimate of drug-likeness (QED) is 0.846. The highest BCUT2D eigenvalue weighted by Gasteiger charge is 2.33. The molecule has 3 N–H and O–H groups in total. The summed E-state index contributed by atoms with van der Waals surface area (Å²) in [6.45, 7) is 4.04. The lowest BCUT2D eigenvalue weighted by Gasteiger charge is -2.28. The van der Waals surface area contributed by atoms with Crippen LogP contribution < -0.4 is 11.1 Å². The lowest BCUT2D eigenvalue weighted by Crippen LogP contribution is -2.41. The molecule has 122 valence electrons. The molecular weight excluding hydrogens is 285 g/mol. The van der Waals surface area contributed by atoms with Crippen LogP contribution in [-0.2, 0) is 4.79 Å². The number of hydrogen-bond acceptors (Lipinski definition) is 3. The summed E-state index contributed by atoms with van der Waals surface area (Å²) in [6.07, 6.45) is 1.22. The summed E-state index contributed by atoms with van der Waals surface area (Å²) < 4.78 is 13.8. The molecule has 1 aromatic rings. The van der Waals surface area contributed by atoms with Crippen LogP contribution in [0.1, 0.15) is 37.0 Å². The van der Waals surface area contributed by atoms with E-state index >= 15 is 0 Å². The average Bonchev–Trinajstić information content (AvgIpc) is 2.50. The van der Waals surface area contributed by atoms with Gasteiger partial charge in [-0.3, -0.25) is 9.59 Å². The summed E-state index contributed by atoms with van der Waals surface area (Å²) in [4.78, 5) is 25.7. The highest BCUT2D eigenvalue weighted by Crippen LogP contribution is 2.27. The molecule has 0 aliphatic rings. The van der Waals surface area contributed by atoms with E-state index < -0.39 is 17.1 Å². The van der Waals surface area contributed by atoms with E-state index in [0.717, 1.165) is 0 Å². The van der Waals surface area contributed by atoms with Gasteiger partial charge in [-0.25, -0.2) is 4.39 Å². The van der Waals surface area contributed by atoms with Crippen LogP contribution in [0, 0.1) is 11.2 Å². The van der Waals surface area contributed by atoms with Crippen molar-refractivity contribution in [2.75, 3.05) is 26.0 Å². The predicted octanol–water partition coefficient (Wildman–Crippen LogP) is 2.23. The summed E-state index contributed by atoms with van der Waals surface area (Å²) in [5, 5.41) is 2.74. The van der Waals surface area contributed by atoms with Crippen molar-refractivity contribution in [3.05, 3.63) is 29.6 Å². The number of carbonyl (C=O) groups is 2. The number of hydrogen-bond donors (Lipinski definition) is 2. The fourth-order valence-corrected chi connectivity index (χ4v) is 2.22. The van der Waals surface area contributed by atoms with Gasteiger partial charge in [0.2, 0.25) is 5.91 Å². The first-order chi connectivity index (χ1) is 10.3. The third kappa shape index (κ3) is 3.62. The van der Waals surface area contributed by atoms with Crippen LogP contribution in [0.5, 0.6) is 0 Å². The molecule has 0 aromatic heterocycles. The Kier molecular flexibility index (Phi) is 6.05. The van der Waals surface area contributed by atoms with Crippen LogP contribution in [0.2, 0.25) is 0 Å². The Morgan fingerprint density at radius 2 is 1.86 bits per heavy atom. The Hall–Kier alpha value is -1.95. The van der Waals surface area contributed by atoms with Gasteiger partial charge < -0.3 is 16.0 Å². The zero-order chi connectivity index (χ0) is 16.9. The average molecular weight is 309 g/mol. The fourth-order valence-electron chi connectivity index (χ4n) is 2.22. The van der Waals surface area contributed by atoms with Crippen molar-refractivity contribution in [1.82, 2.24) is 4.90 Å². The third-order valence-corrected chi connectivity index (χ3v) is 4.09. The molecule has 0 aliphatic heterocycles. The summed E-state index contributed by atoms with van der Waals surface area (Å²) in [5.74, 6) is -1.28. The highest BCUT2D eigenvalue weighted by atomic mass is 19.1. The van der Waals surface area contributed by atoms with E-state index in [2.05, 4.69) is 5.32 Å². The highest BCUT2D eigenvalue weighted by molar-refractivity contribution is 5.98. The zero-order valence-electron chi connectivity index (χ0n) is 13.6. The van der Waals surface area contributed by atoms with E-state index in [9.17, 15) is 14.0 Å². The maximum atomic E-state index is 13.8. The maximum absolute atomic E-state index is 13.8. The van der Waals surface area contributed by atoms with E-state index in [1.54, 1.807) is 14.1 Å². The van der Waals surface area contributed by atoms with E-state index in [1.807, 2.05) is 13.8 Å². The maximum Gasteiger partial charge on any atom is 0.256 e. The van der Waals surface area contributed by atoms with Crippen molar-refractivity contribution < 1.29 is 14.0 Å². The minimum atomic E-state index is -0.653. The van der Waals surface area contributed by atoms with Crippen LogP contribution in [0.4, 0.5) is 10.1 Å². The van der Waals surface area contributed by atoms with Gasteiger partial charge in [-0.2, -0.15) is 0 Å². The third-order valence-electron chi connectivity index (χ3n) is 4.09. The summed E-state index contributed by atoms with van der Waals surface area (Å²) in [7, 11) is 3.08. The first-order valence-electron chi connectivity index (χ1n) is 7.34. The SMILES string of the molecule is CCC(CC)(CN)C(=O)Nc1ccc(F)c(C(=O)N(C)C)c1. The number of carbonyl (C=O) groups excluding carboxylic acids is 2. The van der Waals surface area contributed by atoms with Gasteiger partial charge in [0.1, 0.15) is 5.82 Å². The molecule has 2 amide bonds. The van der Waals surface area contributed by atoms with Crippen LogP contribution in [0.25, 0.3) is 0 Å². The number of anilines is 1. The molecule has 0 aliphatic carbocycles. The molecule has 22 heavy (non-hydrogen) atoms.